The molecule has 0 radical (unpaired) electrons. The molecule has 1 fully saturated rings. The third kappa shape index (κ3) is 5.67. The molecule has 1 aliphatic carbocycles. The summed E-state index contributed by atoms with van der Waals surface area (Å²) in [4.78, 5) is 12.8. The molecule has 3 aromatic rings. The summed E-state index contributed by atoms with van der Waals surface area (Å²) in [6.07, 6.45) is 6.66. The molecule has 1 saturated carbocycles. The average molecular weight is 436 g/mol. The number of carbonyl (C=O) groups excluding carboxylic acids is 1. The number of carbonyl (C=O) groups is 1. The van der Waals surface area contributed by atoms with E-state index in [9.17, 15) is 4.79 Å². The number of benzene rings is 2. The van der Waals surface area contributed by atoms with E-state index in [4.69, 9.17) is 5.84 Å². The monoisotopic (exact) mass is 435 g/mol. The van der Waals surface area contributed by atoms with E-state index in [1.807, 2.05) is 48.5 Å². The predicted octanol–water partition coefficient (Wildman–Crippen LogP) is 4.23. The van der Waals surface area contributed by atoms with E-state index in [1.165, 1.54) is 36.6 Å². The minimum atomic E-state index is -0.0924. The molecule has 0 aliphatic heterocycles. The van der Waals surface area contributed by atoms with Crippen LogP contribution in [0.4, 0.5) is 0 Å². The second kappa shape index (κ2) is 10.5. The van der Waals surface area contributed by atoms with Crippen LogP contribution in [0.25, 0.3) is 0 Å². The van der Waals surface area contributed by atoms with Crippen LogP contribution in [0.2, 0.25) is 0 Å². The number of hydrogen-bond donors (Lipinski definition) is 2. The van der Waals surface area contributed by atoms with Crippen LogP contribution in [-0.2, 0) is 11.2 Å². The number of nitrogens with zero attached hydrogens (tertiary/aromatic N) is 3. The third-order valence-electron chi connectivity index (χ3n) is 5.81. The Hall–Kier alpha value is -2.80. The van der Waals surface area contributed by atoms with Crippen molar-refractivity contribution in [1.82, 2.24) is 20.2 Å². The number of thioether (sulfide) groups is 1. The Morgan fingerprint density at radius 2 is 1.71 bits per heavy atom. The zero-order valence-corrected chi connectivity index (χ0v) is 18.4. The summed E-state index contributed by atoms with van der Waals surface area (Å²) in [5.41, 5.74) is 2.27. The van der Waals surface area contributed by atoms with Crippen molar-refractivity contribution in [2.75, 3.05) is 11.6 Å². The zero-order valence-electron chi connectivity index (χ0n) is 17.6. The molecule has 4 rings (SSSR count). The number of rotatable bonds is 8. The van der Waals surface area contributed by atoms with Crippen LogP contribution < -0.4 is 11.2 Å². The first kappa shape index (κ1) is 21.4. The number of nitrogen functional groups attached to an aromatic ring is 1. The number of nitrogens with two attached hydrogens (primary N) is 1. The maximum Gasteiger partial charge on any atom is 0.230 e. The number of nitrogens with one attached hydrogen (secondary N) is 1. The van der Waals surface area contributed by atoms with Crippen LogP contribution in [0.5, 0.6) is 0 Å². The van der Waals surface area contributed by atoms with Crippen LogP contribution >= 0.6 is 11.8 Å². The van der Waals surface area contributed by atoms with E-state index in [2.05, 4.69) is 27.6 Å². The molecule has 31 heavy (non-hydrogen) atoms. The second-order valence-corrected chi connectivity index (χ2v) is 9.00. The molecule has 7 heteroatoms. The molecule has 162 valence electrons. The number of hydrogen-bond acceptors (Lipinski definition) is 5. The van der Waals surface area contributed by atoms with Gasteiger partial charge in [-0.05, 0) is 30.4 Å². The van der Waals surface area contributed by atoms with Gasteiger partial charge in [0.25, 0.3) is 0 Å². The number of aromatic nitrogens is 3. The molecule has 1 atom stereocenters. The summed E-state index contributed by atoms with van der Waals surface area (Å²) in [5.74, 6) is 7.68. The van der Waals surface area contributed by atoms with Gasteiger partial charge >= 0.3 is 0 Å². The summed E-state index contributed by atoms with van der Waals surface area (Å²) < 4.78 is 1.58. The first-order valence-corrected chi connectivity index (χ1v) is 11.9. The Balaban J connectivity index is 1.38. The van der Waals surface area contributed by atoms with Gasteiger partial charge in [0.05, 0.1) is 11.8 Å². The van der Waals surface area contributed by atoms with Gasteiger partial charge in [-0.15, -0.1) is 10.2 Å². The van der Waals surface area contributed by atoms with Crippen LogP contribution in [0.15, 0.2) is 65.8 Å². The topological polar surface area (TPSA) is 85.8 Å². The Morgan fingerprint density at radius 3 is 2.42 bits per heavy atom. The third-order valence-corrected chi connectivity index (χ3v) is 6.76. The number of amides is 1. The van der Waals surface area contributed by atoms with Gasteiger partial charge in [-0.3, -0.25) is 4.79 Å². The Kier molecular flexibility index (Phi) is 7.25. The molecule has 0 bridgehead atoms. The van der Waals surface area contributed by atoms with Crippen molar-refractivity contribution in [2.45, 2.75) is 55.6 Å². The highest BCUT2D eigenvalue weighted by atomic mass is 32.2. The van der Waals surface area contributed by atoms with Crippen LogP contribution in [0.3, 0.4) is 0 Å². The highest BCUT2D eigenvalue weighted by Gasteiger charge is 2.23. The van der Waals surface area contributed by atoms with Gasteiger partial charge in [-0.25, -0.2) is 4.68 Å². The summed E-state index contributed by atoms with van der Waals surface area (Å²) in [6, 6.07) is 20.2. The van der Waals surface area contributed by atoms with Crippen molar-refractivity contribution in [3.8, 4) is 0 Å². The van der Waals surface area contributed by atoms with E-state index < -0.39 is 0 Å². The first-order chi connectivity index (χ1) is 15.2. The van der Waals surface area contributed by atoms with Crippen LogP contribution in [0.1, 0.15) is 61.0 Å². The Labute approximate surface area is 187 Å². The fourth-order valence-electron chi connectivity index (χ4n) is 4.18. The molecule has 1 unspecified atom stereocenters. The SMILES string of the molecule is Nn1c(SCC(=O)NC(Cc2ccccc2)c2ccccc2)nnc1C1CCCCC1. The fourth-order valence-corrected chi connectivity index (χ4v) is 4.85. The van der Waals surface area contributed by atoms with E-state index in [0.29, 0.717) is 11.1 Å². The maximum atomic E-state index is 12.8. The van der Waals surface area contributed by atoms with Crippen molar-refractivity contribution in [3.63, 3.8) is 0 Å². The lowest BCUT2D eigenvalue weighted by atomic mass is 9.89. The van der Waals surface area contributed by atoms with Crippen LogP contribution in [-0.4, -0.2) is 26.5 Å². The minimum Gasteiger partial charge on any atom is -0.348 e. The van der Waals surface area contributed by atoms with Crippen molar-refractivity contribution in [2.24, 2.45) is 0 Å². The van der Waals surface area contributed by atoms with Crippen molar-refractivity contribution in [1.29, 1.82) is 0 Å². The predicted molar refractivity (Wildman–Crippen MR) is 124 cm³/mol. The molecule has 6 nitrogen and oxygen atoms in total. The lowest BCUT2D eigenvalue weighted by Crippen LogP contribution is -2.31. The van der Waals surface area contributed by atoms with Gasteiger partial charge in [-0.1, -0.05) is 91.7 Å². The highest BCUT2D eigenvalue weighted by molar-refractivity contribution is 7.99. The molecule has 1 heterocycles. The molecular formula is C24H29N5OS. The summed E-state index contributed by atoms with van der Waals surface area (Å²) >= 11 is 1.34. The lowest BCUT2D eigenvalue weighted by Gasteiger charge is -2.20. The maximum absolute atomic E-state index is 12.8. The van der Waals surface area contributed by atoms with Crippen molar-refractivity contribution in [3.05, 3.63) is 77.6 Å². The highest BCUT2D eigenvalue weighted by Crippen LogP contribution is 2.32. The average Bonchev–Trinajstić information content (AvgIpc) is 3.19. The van der Waals surface area contributed by atoms with Crippen molar-refractivity contribution < 1.29 is 4.79 Å². The van der Waals surface area contributed by atoms with E-state index in [0.717, 1.165) is 30.7 Å². The summed E-state index contributed by atoms with van der Waals surface area (Å²) in [6.45, 7) is 0. The lowest BCUT2D eigenvalue weighted by molar-refractivity contribution is -0.119. The first-order valence-electron chi connectivity index (χ1n) is 10.9. The van der Waals surface area contributed by atoms with Gasteiger partial charge in [0.15, 0.2) is 5.82 Å². The molecule has 0 saturated heterocycles. The quantitative estimate of drug-likeness (QED) is 0.408. The normalized spacial score (nSPS) is 15.5. The van der Waals surface area contributed by atoms with Gasteiger partial charge in [-0.2, -0.15) is 0 Å². The van der Waals surface area contributed by atoms with Gasteiger partial charge < -0.3 is 11.2 Å². The van der Waals surface area contributed by atoms with E-state index in [1.54, 1.807) is 4.68 Å². The molecule has 2 aromatic carbocycles. The summed E-state index contributed by atoms with van der Waals surface area (Å²) in [7, 11) is 0. The van der Waals surface area contributed by atoms with E-state index >= 15 is 0 Å². The zero-order chi connectivity index (χ0) is 21.5. The van der Waals surface area contributed by atoms with Gasteiger partial charge in [0.2, 0.25) is 11.1 Å². The van der Waals surface area contributed by atoms with Crippen LogP contribution in [0, 0.1) is 0 Å². The largest absolute Gasteiger partial charge is 0.348 e. The van der Waals surface area contributed by atoms with Gasteiger partial charge in [0.1, 0.15) is 0 Å². The van der Waals surface area contributed by atoms with Crippen molar-refractivity contribution >= 4 is 17.7 Å². The Bertz CT molecular complexity index is 970. The smallest absolute Gasteiger partial charge is 0.230 e. The molecular weight excluding hydrogens is 406 g/mol. The van der Waals surface area contributed by atoms with E-state index in [-0.39, 0.29) is 17.7 Å². The Morgan fingerprint density at radius 1 is 1.03 bits per heavy atom. The second-order valence-electron chi connectivity index (χ2n) is 8.05. The molecule has 0 spiro atoms. The molecule has 1 aromatic heterocycles. The van der Waals surface area contributed by atoms with Gasteiger partial charge in [0, 0.05) is 5.92 Å². The fraction of sp³-hybridized carbons (Fsp3) is 0.375. The molecule has 1 amide bonds. The summed E-state index contributed by atoms with van der Waals surface area (Å²) in [5, 5.41) is 12.3. The minimum absolute atomic E-state index is 0.0444. The standard InChI is InChI=1S/C24H29N5OS/c25-29-23(20-14-8-3-9-15-20)27-28-24(29)31-17-22(30)26-21(19-12-6-2-7-13-19)16-18-10-4-1-5-11-18/h1-2,4-7,10-13,20-21H,3,8-9,14-17,25H2,(H,26,30). The molecule has 3 N–H and O–H groups in total. The molecule has 1 aliphatic rings.